The Morgan fingerprint density at radius 3 is 2.18 bits per heavy atom. The summed E-state index contributed by atoms with van der Waals surface area (Å²) in [6.07, 6.45) is -18.1. The highest BCUT2D eigenvalue weighted by Gasteiger charge is 2.57. The number of hydrogen-bond acceptors (Lipinski definition) is 8. The SMILES string of the molecule is C=CC(=O)OCC(F)(F)OC(F)(F)OC(F)(F)OC(F)(F)COc1ccc2cc(-c3cccnc3)sc2c1. The van der Waals surface area contributed by atoms with Gasteiger partial charge in [0.05, 0.1) is 0 Å². The van der Waals surface area contributed by atoms with Gasteiger partial charge >= 0.3 is 30.8 Å². The van der Waals surface area contributed by atoms with E-state index in [1.54, 1.807) is 30.6 Å². The van der Waals surface area contributed by atoms with Crippen LogP contribution in [0.2, 0.25) is 0 Å². The van der Waals surface area contributed by atoms with Crippen molar-refractivity contribution >= 4 is 27.4 Å². The van der Waals surface area contributed by atoms with E-state index in [4.69, 9.17) is 4.74 Å². The number of carbonyl (C=O) groups is 1. The monoisotopic (exact) mass is 573 g/mol. The van der Waals surface area contributed by atoms with E-state index in [-0.39, 0.29) is 5.75 Å². The number of alkyl halides is 8. The predicted molar refractivity (Wildman–Crippen MR) is 115 cm³/mol. The number of rotatable bonds is 13. The largest absolute Gasteiger partial charge is 0.496 e. The van der Waals surface area contributed by atoms with Crippen LogP contribution < -0.4 is 4.74 Å². The van der Waals surface area contributed by atoms with Gasteiger partial charge in [-0.3, -0.25) is 4.98 Å². The van der Waals surface area contributed by atoms with Gasteiger partial charge < -0.3 is 9.47 Å². The van der Waals surface area contributed by atoms with E-state index in [1.807, 2.05) is 0 Å². The zero-order valence-electron chi connectivity index (χ0n) is 18.6. The Hall–Kier alpha value is -3.34. The molecule has 0 atom stereocenters. The standard InChI is InChI=1S/C22H15F8NO6S/c1-2-18(32)34-12-20(25,26)36-22(29,30)37-21(27,28)35-19(23,24)11-33-15-6-5-13-8-16(38-17(13)9-15)14-4-3-7-31-10-14/h2-10H,1,11-12H2. The number of ether oxygens (including phenoxy) is 5. The zero-order valence-corrected chi connectivity index (χ0v) is 19.5. The molecule has 3 aromatic rings. The van der Waals surface area contributed by atoms with Crippen molar-refractivity contribution in [1.29, 1.82) is 0 Å². The Morgan fingerprint density at radius 2 is 1.58 bits per heavy atom. The Kier molecular flexibility index (Phi) is 8.60. The first-order chi connectivity index (χ1) is 17.6. The third-order valence-corrected chi connectivity index (χ3v) is 5.31. The molecule has 16 heteroatoms. The van der Waals surface area contributed by atoms with Crippen molar-refractivity contribution in [2.75, 3.05) is 13.2 Å². The summed E-state index contributed by atoms with van der Waals surface area (Å²) in [7, 11) is 0. The van der Waals surface area contributed by atoms with Gasteiger partial charge in [0.2, 0.25) is 0 Å². The lowest BCUT2D eigenvalue weighted by molar-refractivity contribution is -0.574. The molecule has 206 valence electrons. The summed E-state index contributed by atoms with van der Waals surface area (Å²) in [5, 5.41) is 0.711. The lowest BCUT2D eigenvalue weighted by Gasteiger charge is -2.27. The van der Waals surface area contributed by atoms with E-state index in [0.717, 1.165) is 10.4 Å². The summed E-state index contributed by atoms with van der Waals surface area (Å²) in [6.45, 7) is -1.19. The Bertz CT molecular complexity index is 1270. The van der Waals surface area contributed by atoms with Gasteiger partial charge in [-0.15, -0.1) is 28.9 Å². The number of carbonyl (C=O) groups excluding carboxylic acids is 1. The predicted octanol–water partition coefficient (Wildman–Crippen LogP) is 6.41. The minimum absolute atomic E-state index is 0.202. The molecule has 7 nitrogen and oxygen atoms in total. The molecule has 0 spiro atoms. The second-order valence-electron chi connectivity index (χ2n) is 7.16. The van der Waals surface area contributed by atoms with E-state index in [9.17, 15) is 39.9 Å². The van der Waals surface area contributed by atoms with Gasteiger partial charge in [0.15, 0.2) is 13.2 Å². The number of benzene rings is 1. The maximum atomic E-state index is 13.9. The quantitative estimate of drug-likeness (QED) is 0.101. The van der Waals surface area contributed by atoms with E-state index in [2.05, 4.69) is 30.5 Å². The van der Waals surface area contributed by atoms with Crippen molar-refractivity contribution in [3.8, 4) is 16.2 Å². The van der Waals surface area contributed by atoms with Crippen LogP contribution in [0.25, 0.3) is 20.5 Å². The maximum absolute atomic E-state index is 13.9. The smallest absolute Gasteiger partial charge is 0.484 e. The van der Waals surface area contributed by atoms with Crippen LogP contribution in [0.4, 0.5) is 35.1 Å². The van der Waals surface area contributed by atoms with Crippen molar-refractivity contribution < 1.29 is 63.6 Å². The molecule has 0 unspecified atom stereocenters. The number of aromatic nitrogens is 1. The first-order valence-corrected chi connectivity index (χ1v) is 10.9. The molecule has 2 heterocycles. The number of esters is 1. The van der Waals surface area contributed by atoms with Crippen LogP contribution in [0, 0.1) is 0 Å². The number of halogens is 8. The van der Waals surface area contributed by atoms with Gasteiger partial charge in [0.1, 0.15) is 5.75 Å². The zero-order chi connectivity index (χ0) is 28.2. The van der Waals surface area contributed by atoms with Gasteiger partial charge in [-0.25, -0.2) is 19.0 Å². The third kappa shape index (κ3) is 8.61. The molecule has 2 aromatic heterocycles. The molecular formula is C22H15F8NO6S. The third-order valence-electron chi connectivity index (χ3n) is 4.17. The maximum Gasteiger partial charge on any atom is 0.496 e. The van der Waals surface area contributed by atoms with Gasteiger partial charge in [-0.05, 0) is 35.7 Å². The van der Waals surface area contributed by atoms with Gasteiger partial charge in [-0.1, -0.05) is 12.6 Å². The number of nitrogens with zero attached hydrogens (tertiary/aromatic N) is 1. The lowest BCUT2D eigenvalue weighted by Crippen LogP contribution is -2.46. The van der Waals surface area contributed by atoms with Crippen LogP contribution in [0.1, 0.15) is 0 Å². The second kappa shape index (κ2) is 11.2. The van der Waals surface area contributed by atoms with Gasteiger partial charge in [0, 0.05) is 33.6 Å². The number of fused-ring (bicyclic) bond motifs is 1. The molecule has 0 aliphatic rings. The van der Waals surface area contributed by atoms with Crippen LogP contribution >= 0.6 is 11.3 Å². The molecular weight excluding hydrogens is 558 g/mol. The molecule has 1 aromatic carbocycles. The van der Waals surface area contributed by atoms with E-state index < -0.39 is 44.0 Å². The van der Waals surface area contributed by atoms with Crippen molar-refractivity contribution in [3.05, 3.63) is 61.4 Å². The Morgan fingerprint density at radius 1 is 0.921 bits per heavy atom. The minimum Gasteiger partial charge on any atom is -0.484 e. The van der Waals surface area contributed by atoms with Gasteiger partial charge in [0.25, 0.3) is 0 Å². The average Bonchev–Trinajstić information content (AvgIpc) is 3.23. The first kappa shape index (κ1) is 29.2. The van der Waals surface area contributed by atoms with Crippen LogP contribution in [0.15, 0.2) is 61.4 Å². The van der Waals surface area contributed by atoms with Crippen LogP contribution in [0.5, 0.6) is 5.75 Å². The molecule has 0 amide bonds. The minimum atomic E-state index is -5.86. The van der Waals surface area contributed by atoms with Crippen molar-refractivity contribution in [3.63, 3.8) is 0 Å². The van der Waals surface area contributed by atoms with Crippen molar-refractivity contribution in [2.24, 2.45) is 0 Å². The summed E-state index contributed by atoms with van der Waals surface area (Å²) in [5.41, 5.74) is 0.787. The highest BCUT2D eigenvalue weighted by molar-refractivity contribution is 7.22. The summed E-state index contributed by atoms with van der Waals surface area (Å²) in [4.78, 5) is 15.5. The Labute approximate surface area is 212 Å². The van der Waals surface area contributed by atoms with Crippen molar-refractivity contribution in [1.82, 2.24) is 4.98 Å². The fraction of sp³-hybridized carbons (Fsp3) is 0.273. The number of hydrogen-bond donors (Lipinski definition) is 0. The van der Waals surface area contributed by atoms with E-state index in [0.29, 0.717) is 16.2 Å². The highest BCUT2D eigenvalue weighted by atomic mass is 32.1. The van der Waals surface area contributed by atoms with E-state index in [1.165, 1.54) is 29.5 Å². The summed E-state index contributed by atoms with van der Waals surface area (Å²) >= 11 is 1.26. The normalized spacial score (nSPS) is 12.9. The van der Waals surface area contributed by atoms with Crippen LogP contribution in [-0.2, 0) is 23.7 Å². The molecule has 0 aliphatic carbocycles. The fourth-order valence-electron chi connectivity index (χ4n) is 2.72. The number of thiophene rings is 1. The molecule has 0 saturated carbocycles. The fourth-order valence-corrected chi connectivity index (χ4v) is 3.80. The van der Waals surface area contributed by atoms with Crippen molar-refractivity contribution in [2.45, 2.75) is 24.8 Å². The van der Waals surface area contributed by atoms with Crippen LogP contribution in [-0.4, -0.2) is 49.0 Å². The summed E-state index contributed by atoms with van der Waals surface area (Å²) in [5.74, 6) is -1.68. The summed E-state index contributed by atoms with van der Waals surface area (Å²) < 4.78 is 126. The second-order valence-corrected chi connectivity index (χ2v) is 8.24. The highest BCUT2D eigenvalue weighted by Crippen LogP contribution is 2.38. The van der Waals surface area contributed by atoms with Gasteiger partial charge in [-0.2, -0.15) is 17.6 Å². The molecule has 0 aliphatic heterocycles. The van der Waals surface area contributed by atoms with E-state index >= 15 is 0 Å². The molecule has 0 bridgehead atoms. The number of pyridine rings is 1. The topological polar surface area (TPSA) is 76.1 Å². The molecule has 0 fully saturated rings. The average molecular weight is 573 g/mol. The molecule has 0 saturated heterocycles. The lowest BCUT2D eigenvalue weighted by atomic mass is 10.2. The molecule has 0 N–H and O–H groups in total. The summed E-state index contributed by atoms with van der Waals surface area (Å²) in [6, 6.07) is 9.38. The molecule has 0 radical (unpaired) electrons. The Balaban J connectivity index is 1.59. The molecule has 3 rings (SSSR count). The molecule has 38 heavy (non-hydrogen) atoms. The van der Waals surface area contributed by atoms with Crippen LogP contribution in [0.3, 0.4) is 0 Å². The first-order valence-electron chi connectivity index (χ1n) is 10.1.